The number of pyridine rings is 1. The first kappa shape index (κ1) is 20.8. The van der Waals surface area contributed by atoms with E-state index in [-0.39, 0.29) is 24.3 Å². The Bertz CT molecular complexity index is 746. The summed E-state index contributed by atoms with van der Waals surface area (Å²) in [6.45, 7) is 7.27. The molecule has 1 amide bonds. The maximum Gasteiger partial charge on any atom is 0.433 e. The molecule has 0 spiro atoms. The smallest absolute Gasteiger partial charge is 0.433 e. The second-order valence-corrected chi connectivity index (χ2v) is 7.75. The van der Waals surface area contributed by atoms with Crippen LogP contribution in [0.1, 0.15) is 50.2 Å². The maximum atomic E-state index is 13.0. The largest absolute Gasteiger partial charge is 0.478 e. The third-order valence-corrected chi connectivity index (χ3v) is 4.02. The van der Waals surface area contributed by atoms with Crippen LogP contribution in [0, 0.1) is 0 Å². The molecule has 27 heavy (non-hydrogen) atoms. The molecule has 1 aliphatic rings. The summed E-state index contributed by atoms with van der Waals surface area (Å²) in [7, 11) is 0. The topological polar surface area (TPSA) is 91.8 Å². The third kappa shape index (κ3) is 5.24. The zero-order valence-electron chi connectivity index (χ0n) is 15.5. The lowest BCUT2D eigenvalue weighted by Gasteiger charge is -2.29. The molecule has 1 aliphatic heterocycles. The number of ether oxygens (including phenoxy) is 1. The van der Waals surface area contributed by atoms with Crippen LogP contribution >= 0.6 is 0 Å². The van der Waals surface area contributed by atoms with Crippen LogP contribution in [0.4, 0.5) is 23.7 Å². The number of carbonyl (C=O) groups excluding carboxylic acids is 1. The predicted molar refractivity (Wildman–Crippen MR) is 90.8 cm³/mol. The Labute approximate surface area is 154 Å². The molecule has 0 radical (unpaired) electrons. The first-order chi connectivity index (χ1) is 12.2. The Hall–Kier alpha value is -2.52. The first-order valence-corrected chi connectivity index (χ1v) is 8.27. The van der Waals surface area contributed by atoms with Crippen LogP contribution in [0.15, 0.2) is 12.3 Å². The fourth-order valence-electron chi connectivity index (χ4n) is 2.84. The van der Waals surface area contributed by atoms with Gasteiger partial charge in [0.05, 0.1) is 11.2 Å². The molecule has 1 atom stereocenters. The van der Waals surface area contributed by atoms with E-state index in [1.54, 1.807) is 27.7 Å². The number of rotatable bonds is 3. The molecule has 1 saturated heterocycles. The van der Waals surface area contributed by atoms with Crippen molar-refractivity contribution in [2.75, 3.05) is 18.0 Å². The van der Waals surface area contributed by atoms with Crippen LogP contribution in [0.25, 0.3) is 0 Å². The fourth-order valence-corrected chi connectivity index (χ4v) is 2.84. The van der Waals surface area contributed by atoms with E-state index in [9.17, 15) is 27.9 Å². The average molecular weight is 389 g/mol. The second kappa shape index (κ2) is 6.90. The monoisotopic (exact) mass is 389 g/mol. The maximum absolute atomic E-state index is 13.0. The van der Waals surface area contributed by atoms with Crippen molar-refractivity contribution in [3.63, 3.8) is 0 Å². The van der Waals surface area contributed by atoms with Gasteiger partial charge >= 0.3 is 18.2 Å². The normalized spacial score (nSPS) is 20.5. The van der Waals surface area contributed by atoms with Crippen molar-refractivity contribution in [3.8, 4) is 0 Å². The van der Waals surface area contributed by atoms with Gasteiger partial charge in [0.2, 0.25) is 0 Å². The highest BCUT2D eigenvalue weighted by Gasteiger charge is 2.39. The average Bonchev–Trinajstić information content (AvgIpc) is 2.85. The minimum absolute atomic E-state index is 0.0838. The summed E-state index contributed by atoms with van der Waals surface area (Å²) < 4.78 is 44.1. The lowest BCUT2D eigenvalue weighted by Crippen LogP contribution is -2.49. The van der Waals surface area contributed by atoms with E-state index < -0.39 is 35.1 Å². The summed E-state index contributed by atoms with van der Waals surface area (Å²) >= 11 is 0. The fraction of sp³-hybridized carbons (Fsp3) is 0.588. The van der Waals surface area contributed by atoms with Crippen molar-refractivity contribution in [3.05, 3.63) is 23.5 Å². The number of halogens is 3. The molecule has 150 valence electrons. The number of alkyl halides is 3. The molecule has 1 aromatic rings. The zero-order valence-corrected chi connectivity index (χ0v) is 15.5. The van der Waals surface area contributed by atoms with Gasteiger partial charge in [0, 0.05) is 19.3 Å². The first-order valence-electron chi connectivity index (χ1n) is 8.27. The van der Waals surface area contributed by atoms with Crippen LogP contribution in [-0.2, 0) is 10.9 Å². The van der Waals surface area contributed by atoms with Gasteiger partial charge in [0.1, 0.15) is 16.9 Å². The molecule has 10 heteroatoms. The van der Waals surface area contributed by atoms with Crippen molar-refractivity contribution in [2.45, 2.75) is 51.4 Å². The van der Waals surface area contributed by atoms with Gasteiger partial charge in [-0.15, -0.1) is 0 Å². The summed E-state index contributed by atoms with van der Waals surface area (Å²) in [6.07, 6.45) is -4.22. The Balaban J connectivity index is 2.25. The minimum atomic E-state index is -4.69. The number of nitrogens with one attached hydrogen (secondary N) is 1. The molecule has 1 aromatic heterocycles. The predicted octanol–water partition coefficient (Wildman–Crippen LogP) is 3.29. The Morgan fingerprint density at radius 1 is 1.33 bits per heavy atom. The van der Waals surface area contributed by atoms with Crippen LogP contribution in [-0.4, -0.2) is 46.4 Å². The summed E-state index contributed by atoms with van der Waals surface area (Å²) in [6, 6.07) is 0.725. The van der Waals surface area contributed by atoms with Gasteiger partial charge in [-0.2, -0.15) is 13.2 Å². The molecule has 2 rings (SSSR count). The number of hydrogen-bond donors (Lipinski definition) is 2. The number of carboxylic acid groups (broad SMARTS) is 1. The number of aromatic carboxylic acids is 1. The van der Waals surface area contributed by atoms with E-state index in [0.717, 1.165) is 6.07 Å². The van der Waals surface area contributed by atoms with Gasteiger partial charge in [-0.25, -0.2) is 9.59 Å². The van der Waals surface area contributed by atoms with E-state index in [1.165, 1.54) is 4.90 Å². The molecule has 2 heterocycles. The molecule has 0 bridgehead atoms. The number of alkyl carbamates (subject to hydrolysis) is 1. The number of nitrogens with zero attached hydrogens (tertiary/aromatic N) is 2. The molecule has 2 N–H and O–H groups in total. The van der Waals surface area contributed by atoms with Gasteiger partial charge in [-0.3, -0.25) is 4.98 Å². The second-order valence-electron chi connectivity index (χ2n) is 7.75. The molecule has 0 saturated carbocycles. The Morgan fingerprint density at radius 3 is 2.48 bits per heavy atom. The van der Waals surface area contributed by atoms with Gasteiger partial charge in [0.25, 0.3) is 0 Å². The molecular weight excluding hydrogens is 367 g/mol. The van der Waals surface area contributed by atoms with Crippen molar-refractivity contribution < 1.29 is 32.6 Å². The van der Waals surface area contributed by atoms with E-state index in [0.29, 0.717) is 12.6 Å². The van der Waals surface area contributed by atoms with E-state index >= 15 is 0 Å². The van der Waals surface area contributed by atoms with Crippen molar-refractivity contribution in [2.24, 2.45) is 0 Å². The zero-order chi connectivity index (χ0) is 20.6. The summed E-state index contributed by atoms with van der Waals surface area (Å²) in [5.41, 5.74) is -3.05. The van der Waals surface area contributed by atoms with Gasteiger partial charge in [-0.1, -0.05) is 0 Å². The number of carboxylic acids is 1. The van der Waals surface area contributed by atoms with Gasteiger partial charge < -0.3 is 20.1 Å². The highest BCUT2D eigenvalue weighted by molar-refractivity contribution is 5.94. The number of hydrogen-bond acceptors (Lipinski definition) is 5. The van der Waals surface area contributed by atoms with E-state index in [4.69, 9.17) is 4.74 Å². The number of anilines is 1. The quantitative estimate of drug-likeness (QED) is 0.824. The van der Waals surface area contributed by atoms with Crippen molar-refractivity contribution in [1.29, 1.82) is 0 Å². The Morgan fingerprint density at radius 2 is 1.96 bits per heavy atom. The Kier molecular flexibility index (Phi) is 5.31. The summed E-state index contributed by atoms with van der Waals surface area (Å²) in [4.78, 5) is 28.1. The molecule has 7 nitrogen and oxygen atoms in total. The SMILES string of the molecule is CC(C)(C)OC(=O)N[C@@]1(C)CCN(c2cc(C(F)(F)F)ncc2C(=O)O)C1. The molecule has 1 fully saturated rings. The number of carbonyl (C=O) groups is 2. The highest BCUT2D eigenvalue weighted by Crippen LogP contribution is 2.34. The van der Waals surface area contributed by atoms with Crippen LogP contribution < -0.4 is 10.2 Å². The van der Waals surface area contributed by atoms with Crippen LogP contribution in [0.2, 0.25) is 0 Å². The molecule has 0 aliphatic carbocycles. The standard InChI is InChI=1S/C17H22F3N3O4/c1-15(2,3)27-14(26)22-16(4)5-6-23(9-16)11-7-12(17(18,19)20)21-8-10(11)13(24)25/h7-8H,5-6,9H2,1-4H3,(H,22,26)(H,24,25)/t16-/m0/s1. The summed E-state index contributed by atoms with van der Waals surface area (Å²) in [5.74, 6) is -1.38. The van der Waals surface area contributed by atoms with Crippen molar-refractivity contribution in [1.82, 2.24) is 10.3 Å². The lowest BCUT2D eigenvalue weighted by atomic mass is 10.0. The van der Waals surface area contributed by atoms with Crippen LogP contribution in [0.5, 0.6) is 0 Å². The lowest BCUT2D eigenvalue weighted by molar-refractivity contribution is -0.141. The molecular formula is C17H22F3N3O4. The van der Waals surface area contributed by atoms with Crippen LogP contribution in [0.3, 0.4) is 0 Å². The number of amides is 1. The molecule has 0 unspecified atom stereocenters. The summed E-state index contributed by atoms with van der Waals surface area (Å²) in [5, 5.41) is 12.0. The van der Waals surface area contributed by atoms with E-state index in [1.807, 2.05) is 0 Å². The third-order valence-electron chi connectivity index (χ3n) is 4.02. The van der Waals surface area contributed by atoms with Gasteiger partial charge in [0.15, 0.2) is 0 Å². The van der Waals surface area contributed by atoms with E-state index in [2.05, 4.69) is 10.3 Å². The number of aromatic nitrogens is 1. The van der Waals surface area contributed by atoms with Crippen molar-refractivity contribution >= 4 is 17.7 Å². The highest BCUT2D eigenvalue weighted by atomic mass is 19.4. The molecule has 0 aromatic carbocycles. The van der Waals surface area contributed by atoms with Gasteiger partial charge in [-0.05, 0) is 40.2 Å². The minimum Gasteiger partial charge on any atom is -0.478 e.